The van der Waals surface area contributed by atoms with Crippen molar-refractivity contribution in [2.24, 2.45) is 11.8 Å². The van der Waals surface area contributed by atoms with Crippen LogP contribution in [0.15, 0.2) is 0 Å². The highest BCUT2D eigenvalue weighted by atomic mass is 16.4. The van der Waals surface area contributed by atoms with Gasteiger partial charge in [0, 0.05) is 31.5 Å². The molecule has 120 valence electrons. The highest BCUT2D eigenvalue weighted by Gasteiger charge is 2.29. The van der Waals surface area contributed by atoms with Crippen molar-refractivity contribution in [2.45, 2.75) is 52.5 Å². The lowest BCUT2D eigenvalue weighted by Crippen LogP contribution is -2.48. The van der Waals surface area contributed by atoms with Crippen molar-refractivity contribution in [3.63, 3.8) is 0 Å². The number of hydrogen-bond donors (Lipinski definition) is 2. The minimum Gasteiger partial charge on any atom is -0.481 e. The van der Waals surface area contributed by atoms with Gasteiger partial charge in [0.15, 0.2) is 0 Å². The Hall–Kier alpha value is -1.59. The van der Waals surface area contributed by atoms with Crippen molar-refractivity contribution >= 4 is 17.8 Å². The average Bonchev–Trinajstić information content (AvgIpc) is 2.44. The van der Waals surface area contributed by atoms with E-state index in [9.17, 15) is 14.4 Å². The predicted octanol–water partition coefficient (Wildman–Crippen LogP) is 1.25. The Morgan fingerprint density at radius 2 is 1.95 bits per heavy atom. The van der Waals surface area contributed by atoms with Gasteiger partial charge in [-0.2, -0.15) is 0 Å². The second-order valence-electron chi connectivity index (χ2n) is 6.12. The summed E-state index contributed by atoms with van der Waals surface area (Å²) in [5.74, 6) is -1.09. The monoisotopic (exact) mass is 298 g/mol. The molecular formula is C15H26N2O4. The molecule has 1 aliphatic rings. The zero-order valence-corrected chi connectivity index (χ0v) is 13.1. The van der Waals surface area contributed by atoms with Crippen molar-refractivity contribution in [3.8, 4) is 0 Å². The molecule has 21 heavy (non-hydrogen) atoms. The van der Waals surface area contributed by atoms with Crippen LogP contribution in [0, 0.1) is 11.8 Å². The fraction of sp³-hybridized carbons (Fsp3) is 0.800. The van der Waals surface area contributed by atoms with Gasteiger partial charge in [0.1, 0.15) is 0 Å². The van der Waals surface area contributed by atoms with Crippen LogP contribution in [0.1, 0.15) is 46.5 Å². The molecule has 0 aliphatic carbocycles. The maximum atomic E-state index is 12.2. The van der Waals surface area contributed by atoms with E-state index in [0.29, 0.717) is 13.0 Å². The first-order chi connectivity index (χ1) is 9.81. The van der Waals surface area contributed by atoms with E-state index >= 15 is 0 Å². The number of amides is 2. The van der Waals surface area contributed by atoms with Crippen LogP contribution < -0.4 is 5.32 Å². The molecule has 0 aromatic rings. The maximum Gasteiger partial charge on any atom is 0.303 e. The summed E-state index contributed by atoms with van der Waals surface area (Å²) in [5.41, 5.74) is 0. The Morgan fingerprint density at radius 1 is 1.29 bits per heavy atom. The van der Waals surface area contributed by atoms with Crippen LogP contribution in [0.4, 0.5) is 0 Å². The van der Waals surface area contributed by atoms with Crippen LogP contribution in [0.5, 0.6) is 0 Å². The summed E-state index contributed by atoms with van der Waals surface area (Å²) in [5, 5.41) is 11.5. The number of aliphatic carboxylic acids is 1. The van der Waals surface area contributed by atoms with Gasteiger partial charge >= 0.3 is 5.97 Å². The Labute approximate surface area is 125 Å². The second-order valence-corrected chi connectivity index (χ2v) is 6.12. The van der Waals surface area contributed by atoms with Crippen LogP contribution in [0.3, 0.4) is 0 Å². The fourth-order valence-electron chi connectivity index (χ4n) is 2.53. The van der Waals surface area contributed by atoms with E-state index in [1.54, 1.807) is 11.8 Å². The van der Waals surface area contributed by atoms with Crippen molar-refractivity contribution < 1.29 is 19.5 Å². The third-order valence-electron chi connectivity index (χ3n) is 3.78. The van der Waals surface area contributed by atoms with Gasteiger partial charge < -0.3 is 15.3 Å². The van der Waals surface area contributed by atoms with E-state index in [2.05, 4.69) is 5.32 Å². The molecule has 0 saturated carbocycles. The molecule has 0 radical (unpaired) electrons. The Balaban J connectivity index is 2.46. The molecule has 2 atom stereocenters. The lowest BCUT2D eigenvalue weighted by atomic mass is 9.95. The number of carboxylic acids is 1. The summed E-state index contributed by atoms with van der Waals surface area (Å²) in [6.45, 7) is 6.71. The molecule has 2 N–H and O–H groups in total. The molecule has 0 bridgehead atoms. The highest BCUT2D eigenvalue weighted by molar-refractivity contribution is 5.82. The number of piperidine rings is 1. The van der Waals surface area contributed by atoms with Crippen molar-refractivity contribution in [2.75, 3.05) is 13.1 Å². The number of likely N-dealkylation sites (tertiary alicyclic amines) is 1. The molecule has 0 spiro atoms. The number of carbonyl (C=O) groups excluding carboxylic acids is 2. The van der Waals surface area contributed by atoms with Crippen molar-refractivity contribution in [1.29, 1.82) is 0 Å². The zero-order chi connectivity index (χ0) is 16.0. The Kier molecular flexibility index (Phi) is 6.65. The van der Waals surface area contributed by atoms with Crippen LogP contribution in [-0.2, 0) is 14.4 Å². The SMILES string of the molecule is CC(CCC(=O)O)NC(=O)C1CCCN(C(=O)C(C)C)C1. The van der Waals surface area contributed by atoms with E-state index in [0.717, 1.165) is 19.4 Å². The number of carbonyl (C=O) groups is 3. The van der Waals surface area contributed by atoms with Gasteiger partial charge in [0.2, 0.25) is 11.8 Å². The minimum atomic E-state index is -0.859. The van der Waals surface area contributed by atoms with Gasteiger partial charge in [-0.05, 0) is 26.2 Å². The fourth-order valence-corrected chi connectivity index (χ4v) is 2.53. The smallest absolute Gasteiger partial charge is 0.303 e. The molecule has 1 saturated heterocycles. The summed E-state index contributed by atoms with van der Waals surface area (Å²) in [7, 11) is 0. The molecule has 2 amide bonds. The second kappa shape index (κ2) is 8.00. The average molecular weight is 298 g/mol. The first-order valence-electron chi connectivity index (χ1n) is 7.62. The van der Waals surface area contributed by atoms with E-state index in [1.165, 1.54) is 0 Å². The molecule has 2 unspecified atom stereocenters. The first kappa shape index (κ1) is 17.5. The Bertz CT molecular complexity index is 395. The molecular weight excluding hydrogens is 272 g/mol. The van der Waals surface area contributed by atoms with E-state index in [-0.39, 0.29) is 36.1 Å². The van der Waals surface area contributed by atoms with Crippen LogP contribution >= 0.6 is 0 Å². The molecule has 6 heteroatoms. The van der Waals surface area contributed by atoms with Crippen LogP contribution in [0.2, 0.25) is 0 Å². The third kappa shape index (κ3) is 5.73. The lowest BCUT2D eigenvalue weighted by Gasteiger charge is -2.33. The summed E-state index contributed by atoms with van der Waals surface area (Å²) in [6, 6.07) is -0.162. The molecule has 1 heterocycles. The number of rotatable bonds is 6. The maximum absolute atomic E-state index is 12.2. The number of nitrogens with zero attached hydrogens (tertiary/aromatic N) is 1. The molecule has 0 aromatic heterocycles. The minimum absolute atomic E-state index is 0.0457. The molecule has 6 nitrogen and oxygen atoms in total. The standard InChI is InChI=1S/C15H26N2O4/c1-10(2)15(21)17-8-4-5-12(9-17)14(20)16-11(3)6-7-13(18)19/h10-12H,4-9H2,1-3H3,(H,16,20)(H,18,19). The first-order valence-corrected chi connectivity index (χ1v) is 7.62. The highest BCUT2D eigenvalue weighted by Crippen LogP contribution is 2.19. The summed E-state index contributed by atoms with van der Waals surface area (Å²) < 4.78 is 0. The predicted molar refractivity (Wildman–Crippen MR) is 78.6 cm³/mol. The van der Waals surface area contributed by atoms with E-state index in [4.69, 9.17) is 5.11 Å². The number of carboxylic acid groups (broad SMARTS) is 1. The summed E-state index contributed by atoms with van der Waals surface area (Å²) in [4.78, 5) is 36.5. The Morgan fingerprint density at radius 3 is 2.52 bits per heavy atom. The van der Waals surface area contributed by atoms with Gasteiger partial charge in [-0.3, -0.25) is 14.4 Å². The normalized spacial score (nSPS) is 20.2. The van der Waals surface area contributed by atoms with Crippen molar-refractivity contribution in [3.05, 3.63) is 0 Å². The number of hydrogen-bond acceptors (Lipinski definition) is 3. The summed E-state index contributed by atoms with van der Waals surface area (Å²) >= 11 is 0. The van der Waals surface area contributed by atoms with E-state index in [1.807, 2.05) is 13.8 Å². The third-order valence-corrected chi connectivity index (χ3v) is 3.78. The summed E-state index contributed by atoms with van der Waals surface area (Å²) in [6.07, 6.45) is 2.08. The molecule has 1 fully saturated rings. The van der Waals surface area contributed by atoms with Gasteiger partial charge in [-0.15, -0.1) is 0 Å². The van der Waals surface area contributed by atoms with E-state index < -0.39 is 5.97 Å². The lowest BCUT2D eigenvalue weighted by molar-refractivity contribution is -0.139. The van der Waals surface area contributed by atoms with Gasteiger partial charge in [0.05, 0.1) is 5.92 Å². The topological polar surface area (TPSA) is 86.7 Å². The largest absolute Gasteiger partial charge is 0.481 e. The molecule has 0 aromatic carbocycles. The molecule has 1 rings (SSSR count). The van der Waals surface area contributed by atoms with Crippen molar-refractivity contribution in [1.82, 2.24) is 10.2 Å². The zero-order valence-electron chi connectivity index (χ0n) is 13.1. The van der Waals surface area contributed by atoms with Crippen LogP contribution in [-0.4, -0.2) is 46.9 Å². The molecule has 1 aliphatic heterocycles. The van der Waals surface area contributed by atoms with Gasteiger partial charge in [0.25, 0.3) is 0 Å². The van der Waals surface area contributed by atoms with Gasteiger partial charge in [-0.25, -0.2) is 0 Å². The quantitative estimate of drug-likeness (QED) is 0.772. The van der Waals surface area contributed by atoms with Gasteiger partial charge in [-0.1, -0.05) is 13.8 Å². The number of nitrogens with one attached hydrogen (secondary N) is 1. The van der Waals surface area contributed by atoms with Crippen LogP contribution in [0.25, 0.3) is 0 Å².